The maximum atomic E-state index is 6.12. The summed E-state index contributed by atoms with van der Waals surface area (Å²) in [5, 5.41) is 3.91. The van der Waals surface area contributed by atoms with Crippen LogP contribution in [0.5, 0.6) is 0 Å². The lowest BCUT2D eigenvalue weighted by molar-refractivity contribution is 0.447. The number of aromatic nitrogens is 1. The summed E-state index contributed by atoms with van der Waals surface area (Å²) in [4.78, 5) is 6.43. The Balaban J connectivity index is 2.14. The molecule has 1 aromatic heterocycles. The van der Waals surface area contributed by atoms with Crippen molar-refractivity contribution in [3.63, 3.8) is 0 Å². The van der Waals surface area contributed by atoms with E-state index in [9.17, 15) is 0 Å². The van der Waals surface area contributed by atoms with E-state index in [1.54, 1.807) is 6.20 Å². The van der Waals surface area contributed by atoms with Gasteiger partial charge in [0, 0.05) is 29.8 Å². The van der Waals surface area contributed by atoms with Crippen LogP contribution in [0.3, 0.4) is 0 Å². The summed E-state index contributed by atoms with van der Waals surface area (Å²) in [5.41, 5.74) is 0. The van der Waals surface area contributed by atoms with Gasteiger partial charge in [-0.05, 0) is 29.0 Å². The van der Waals surface area contributed by atoms with E-state index < -0.39 is 0 Å². The van der Waals surface area contributed by atoms with Crippen molar-refractivity contribution >= 4 is 33.3 Å². The molecule has 0 saturated carbocycles. The minimum atomic E-state index is 0.562. The number of likely N-dealkylation sites (N-methyl/N-ethyl adjacent to an activating group) is 1. The summed E-state index contributed by atoms with van der Waals surface area (Å²) in [6.45, 7) is 1.94. The monoisotopic (exact) mass is 275 g/mol. The quantitative estimate of drug-likeness (QED) is 0.894. The van der Waals surface area contributed by atoms with Crippen LogP contribution in [-0.4, -0.2) is 31.2 Å². The Morgan fingerprint density at radius 3 is 3.00 bits per heavy atom. The number of rotatable bonds is 2. The molecule has 1 aliphatic rings. The third-order valence-electron chi connectivity index (χ3n) is 2.41. The molecular formula is C9H11BrClN3. The summed E-state index contributed by atoms with van der Waals surface area (Å²) >= 11 is 9.51. The van der Waals surface area contributed by atoms with Crippen molar-refractivity contribution in [1.82, 2.24) is 10.3 Å². The molecule has 1 fully saturated rings. The largest absolute Gasteiger partial charge is 0.352 e. The highest BCUT2D eigenvalue weighted by Crippen LogP contribution is 2.32. The van der Waals surface area contributed by atoms with Crippen molar-refractivity contribution in [2.24, 2.45) is 0 Å². The minimum Gasteiger partial charge on any atom is -0.352 e. The third-order valence-corrected chi connectivity index (χ3v) is 3.67. The number of hydrogen-bond acceptors (Lipinski definition) is 3. The maximum Gasteiger partial charge on any atom is 0.148 e. The predicted molar refractivity (Wildman–Crippen MR) is 62.0 cm³/mol. The SMILES string of the molecule is CNC1CN(c2nccc(Br)c2Cl)C1. The molecule has 0 unspecified atom stereocenters. The zero-order chi connectivity index (χ0) is 10.1. The molecule has 14 heavy (non-hydrogen) atoms. The van der Waals surface area contributed by atoms with Crippen LogP contribution < -0.4 is 10.2 Å². The van der Waals surface area contributed by atoms with Gasteiger partial charge in [-0.2, -0.15) is 0 Å². The lowest BCUT2D eigenvalue weighted by Gasteiger charge is -2.40. The van der Waals surface area contributed by atoms with Crippen LogP contribution in [0, 0.1) is 0 Å². The first-order valence-corrected chi connectivity index (χ1v) is 5.61. The van der Waals surface area contributed by atoms with Crippen LogP contribution in [-0.2, 0) is 0 Å². The summed E-state index contributed by atoms with van der Waals surface area (Å²) in [7, 11) is 1.97. The van der Waals surface area contributed by atoms with Crippen LogP contribution in [0.25, 0.3) is 0 Å². The standard InChI is InChI=1S/C9H11BrClN3/c1-12-6-4-14(5-6)9-8(11)7(10)2-3-13-9/h2-3,6,12H,4-5H2,1H3. The Labute approximate surface area is 96.6 Å². The predicted octanol–water partition coefficient (Wildman–Crippen LogP) is 1.91. The van der Waals surface area contributed by atoms with E-state index in [4.69, 9.17) is 11.6 Å². The van der Waals surface area contributed by atoms with Crippen molar-refractivity contribution in [3.05, 3.63) is 21.8 Å². The molecule has 0 aromatic carbocycles. The second-order valence-corrected chi connectivity index (χ2v) is 4.55. The van der Waals surface area contributed by atoms with Crippen LogP contribution >= 0.6 is 27.5 Å². The van der Waals surface area contributed by atoms with Crippen molar-refractivity contribution in [1.29, 1.82) is 0 Å². The van der Waals surface area contributed by atoms with E-state index in [-0.39, 0.29) is 0 Å². The van der Waals surface area contributed by atoms with E-state index in [1.807, 2.05) is 13.1 Å². The van der Waals surface area contributed by atoms with Gasteiger partial charge in [-0.1, -0.05) is 11.6 Å². The Kier molecular flexibility index (Phi) is 2.95. The molecule has 1 saturated heterocycles. The van der Waals surface area contributed by atoms with E-state index >= 15 is 0 Å². The highest BCUT2D eigenvalue weighted by Gasteiger charge is 2.27. The summed E-state index contributed by atoms with van der Waals surface area (Å²) < 4.78 is 0.900. The minimum absolute atomic E-state index is 0.562. The number of nitrogens with zero attached hydrogens (tertiary/aromatic N) is 2. The molecule has 0 spiro atoms. The molecular weight excluding hydrogens is 265 g/mol. The second-order valence-electron chi connectivity index (χ2n) is 3.32. The Morgan fingerprint density at radius 2 is 2.36 bits per heavy atom. The normalized spacial score (nSPS) is 16.9. The van der Waals surface area contributed by atoms with Crippen LogP contribution in [0.1, 0.15) is 0 Å². The molecule has 0 aliphatic carbocycles. The third kappa shape index (κ3) is 1.74. The van der Waals surface area contributed by atoms with Gasteiger partial charge in [0.25, 0.3) is 0 Å². The highest BCUT2D eigenvalue weighted by atomic mass is 79.9. The van der Waals surface area contributed by atoms with Crippen molar-refractivity contribution < 1.29 is 0 Å². The molecule has 2 heterocycles. The van der Waals surface area contributed by atoms with Gasteiger partial charge in [-0.15, -0.1) is 0 Å². The highest BCUT2D eigenvalue weighted by molar-refractivity contribution is 9.10. The zero-order valence-corrected chi connectivity index (χ0v) is 10.1. The maximum absolute atomic E-state index is 6.12. The zero-order valence-electron chi connectivity index (χ0n) is 7.80. The summed E-state index contributed by atoms with van der Waals surface area (Å²) in [6, 6.07) is 2.41. The van der Waals surface area contributed by atoms with Crippen LogP contribution in [0.2, 0.25) is 5.02 Å². The van der Waals surface area contributed by atoms with Gasteiger partial charge in [0.2, 0.25) is 0 Å². The van der Waals surface area contributed by atoms with Crippen LogP contribution in [0.15, 0.2) is 16.7 Å². The van der Waals surface area contributed by atoms with Crippen molar-refractivity contribution in [3.8, 4) is 0 Å². The van der Waals surface area contributed by atoms with Gasteiger partial charge >= 0.3 is 0 Å². The van der Waals surface area contributed by atoms with E-state index in [0.717, 1.165) is 23.4 Å². The number of hydrogen-bond donors (Lipinski definition) is 1. The molecule has 1 aliphatic heterocycles. The summed E-state index contributed by atoms with van der Waals surface area (Å²) in [6.07, 6.45) is 1.76. The number of anilines is 1. The van der Waals surface area contributed by atoms with Crippen molar-refractivity contribution in [2.45, 2.75) is 6.04 Å². The van der Waals surface area contributed by atoms with E-state index in [0.29, 0.717) is 11.1 Å². The van der Waals surface area contributed by atoms with Gasteiger partial charge in [-0.3, -0.25) is 0 Å². The van der Waals surface area contributed by atoms with Gasteiger partial charge in [-0.25, -0.2) is 4.98 Å². The number of pyridine rings is 1. The summed E-state index contributed by atoms with van der Waals surface area (Å²) in [5.74, 6) is 0.868. The first-order chi connectivity index (χ1) is 6.72. The van der Waals surface area contributed by atoms with Gasteiger partial charge < -0.3 is 10.2 Å². The van der Waals surface area contributed by atoms with Gasteiger partial charge in [0.15, 0.2) is 0 Å². The van der Waals surface area contributed by atoms with Gasteiger partial charge in [0.05, 0.1) is 5.02 Å². The van der Waals surface area contributed by atoms with Gasteiger partial charge in [0.1, 0.15) is 5.82 Å². The molecule has 5 heteroatoms. The molecule has 3 nitrogen and oxygen atoms in total. The first-order valence-electron chi connectivity index (χ1n) is 4.44. The number of halogens is 2. The van der Waals surface area contributed by atoms with E-state index in [1.165, 1.54) is 0 Å². The molecule has 0 atom stereocenters. The smallest absolute Gasteiger partial charge is 0.148 e. The molecule has 0 radical (unpaired) electrons. The molecule has 1 aromatic rings. The second kappa shape index (κ2) is 4.04. The Morgan fingerprint density at radius 1 is 1.64 bits per heavy atom. The molecule has 0 amide bonds. The van der Waals surface area contributed by atoms with Crippen molar-refractivity contribution in [2.75, 3.05) is 25.0 Å². The lowest BCUT2D eigenvalue weighted by Crippen LogP contribution is -2.57. The molecule has 76 valence electrons. The van der Waals surface area contributed by atoms with Crippen LogP contribution in [0.4, 0.5) is 5.82 Å². The topological polar surface area (TPSA) is 28.2 Å². The fourth-order valence-electron chi connectivity index (χ4n) is 1.46. The fraction of sp³-hybridized carbons (Fsp3) is 0.444. The fourth-order valence-corrected chi connectivity index (χ4v) is 1.99. The van der Waals surface area contributed by atoms with E-state index in [2.05, 4.69) is 31.1 Å². The Hall–Kier alpha value is -0.320. The molecule has 2 rings (SSSR count). The average Bonchev–Trinajstić information content (AvgIpc) is 2.10. The Bertz CT molecular complexity index is 339. The molecule has 0 bridgehead atoms. The lowest BCUT2D eigenvalue weighted by atomic mass is 10.1. The molecule has 1 N–H and O–H groups in total. The first kappa shape index (κ1) is 10.2. The average molecular weight is 277 g/mol. The number of nitrogens with one attached hydrogen (secondary N) is 1.